The first-order valence-corrected chi connectivity index (χ1v) is 10.1. The largest absolute Gasteiger partial charge is 0.352 e. The normalized spacial score (nSPS) is 17.2. The molecule has 0 amide bonds. The number of nitrogens with one attached hydrogen (secondary N) is 1. The molecule has 4 aromatic rings. The number of H-pyrrole nitrogens is 1. The molecule has 0 aliphatic carbocycles. The van der Waals surface area contributed by atoms with Gasteiger partial charge in [0.05, 0.1) is 30.4 Å². The summed E-state index contributed by atoms with van der Waals surface area (Å²) in [4.78, 5) is 30.5. The number of rotatable bonds is 5. The van der Waals surface area contributed by atoms with Crippen molar-refractivity contribution in [3.05, 3.63) is 53.7 Å². The highest BCUT2D eigenvalue weighted by Gasteiger charge is 2.33. The van der Waals surface area contributed by atoms with Crippen LogP contribution in [0.15, 0.2) is 48.2 Å². The zero-order valence-electron chi connectivity index (χ0n) is 17.0. The van der Waals surface area contributed by atoms with Crippen LogP contribution in [0, 0.1) is 17.2 Å². The molecule has 0 radical (unpaired) electrons. The summed E-state index contributed by atoms with van der Waals surface area (Å²) >= 11 is 0. The summed E-state index contributed by atoms with van der Waals surface area (Å²) in [5, 5.41) is 15.0. The first-order chi connectivity index (χ1) is 15.2. The van der Waals surface area contributed by atoms with Gasteiger partial charge >= 0.3 is 0 Å². The SMILES string of the molecule is Cn1ccnc(N2CCC(C(CC#N)n3cc(-c4ncnc5[nH]ccc45)cn3)C2)c1=O. The second kappa shape index (κ2) is 7.68. The molecule has 5 rings (SSSR count). The number of aromatic amines is 1. The van der Waals surface area contributed by atoms with Crippen molar-refractivity contribution in [1.82, 2.24) is 34.3 Å². The Bertz CT molecular complexity index is 1330. The van der Waals surface area contributed by atoms with Crippen molar-refractivity contribution >= 4 is 16.9 Å². The van der Waals surface area contributed by atoms with E-state index in [0.29, 0.717) is 18.8 Å². The molecule has 156 valence electrons. The van der Waals surface area contributed by atoms with Crippen LogP contribution >= 0.6 is 0 Å². The van der Waals surface area contributed by atoms with Crippen LogP contribution in [0.1, 0.15) is 18.9 Å². The Morgan fingerprint density at radius 3 is 3.13 bits per heavy atom. The van der Waals surface area contributed by atoms with Gasteiger partial charge in [-0.2, -0.15) is 10.4 Å². The zero-order chi connectivity index (χ0) is 21.4. The molecule has 1 aliphatic rings. The average molecular weight is 415 g/mol. The van der Waals surface area contributed by atoms with Gasteiger partial charge in [0.25, 0.3) is 5.56 Å². The highest BCUT2D eigenvalue weighted by atomic mass is 16.1. The van der Waals surface area contributed by atoms with Crippen molar-refractivity contribution in [3.63, 3.8) is 0 Å². The summed E-state index contributed by atoms with van der Waals surface area (Å²) in [6.07, 6.45) is 11.6. The maximum atomic E-state index is 12.4. The van der Waals surface area contributed by atoms with Crippen molar-refractivity contribution in [1.29, 1.82) is 5.26 Å². The molecule has 2 unspecified atom stereocenters. The molecular weight excluding hydrogens is 394 g/mol. The van der Waals surface area contributed by atoms with Gasteiger partial charge in [0.15, 0.2) is 5.82 Å². The quantitative estimate of drug-likeness (QED) is 0.528. The molecule has 10 nitrogen and oxygen atoms in total. The molecule has 1 aliphatic heterocycles. The highest BCUT2D eigenvalue weighted by Crippen LogP contribution is 2.33. The maximum absolute atomic E-state index is 12.4. The van der Waals surface area contributed by atoms with Gasteiger partial charge in [-0.25, -0.2) is 15.0 Å². The molecule has 4 aromatic heterocycles. The smallest absolute Gasteiger partial charge is 0.293 e. The van der Waals surface area contributed by atoms with Crippen LogP contribution in [-0.4, -0.2) is 47.4 Å². The lowest BCUT2D eigenvalue weighted by molar-refractivity contribution is 0.332. The number of aromatic nitrogens is 7. The minimum absolute atomic E-state index is 0.0973. The van der Waals surface area contributed by atoms with E-state index >= 15 is 0 Å². The number of aryl methyl sites for hydroxylation is 1. The van der Waals surface area contributed by atoms with E-state index < -0.39 is 0 Å². The average Bonchev–Trinajstić information content (AvgIpc) is 3.54. The molecule has 0 saturated carbocycles. The van der Waals surface area contributed by atoms with Gasteiger partial charge in [-0.1, -0.05) is 0 Å². The van der Waals surface area contributed by atoms with E-state index in [9.17, 15) is 10.1 Å². The third kappa shape index (κ3) is 3.34. The summed E-state index contributed by atoms with van der Waals surface area (Å²) in [7, 11) is 1.72. The lowest BCUT2D eigenvalue weighted by atomic mass is 9.96. The molecule has 0 spiro atoms. The van der Waals surface area contributed by atoms with Gasteiger partial charge in [0.1, 0.15) is 12.0 Å². The minimum Gasteiger partial charge on any atom is -0.352 e. The lowest BCUT2D eigenvalue weighted by Crippen LogP contribution is -2.32. The number of nitriles is 1. The Morgan fingerprint density at radius 1 is 1.35 bits per heavy atom. The van der Waals surface area contributed by atoms with E-state index in [1.165, 1.54) is 10.9 Å². The summed E-state index contributed by atoms with van der Waals surface area (Å²) in [6, 6.07) is 4.15. The predicted molar refractivity (Wildman–Crippen MR) is 114 cm³/mol. The van der Waals surface area contributed by atoms with Gasteiger partial charge in [-0.05, 0) is 12.5 Å². The fourth-order valence-corrected chi connectivity index (χ4v) is 4.31. The molecule has 31 heavy (non-hydrogen) atoms. The van der Waals surface area contributed by atoms with E-state index in [1.54, 1.807) is 25.6 Å². The van der Waals surface area contributed by atoms with Crippen LogP contribution in [0.4, 0.5) is 5.82 Å². The Labute approximate surface area is 177 Å². The first-order valence-electron chi connectivity index (χ1n) is 10.1. The van der Waals surface area contributed by atoms with E-state index in [2.05, 4.69) is 31.1 Å². The van der Waals surface area contributed by atoms with Gasteiger partial charge in [0, 0.05) is 61.8 Å². The summed E-state index contributed by atoms with van der Waals surface area (Å²) < 4.78 is 3.40. The van der Waals surface area contributed by atoms with E-state index in [-0.39, 0.29) is 17.5 Å². The maximum Gasteiger partial charge on any atom is 0.293 e. The van der Waals surface area contributed by atoms with Crippen LogP contribution < -0.4 is 10.5 Å². The van der Waals surface area contributed by atoms with E-state index in [0.717, 1.165) is 35.3 Å². The summed E-state index contributed by atoms with van der Waals surface area (Å²) in [5.74, 6) is 0.636. The molecule has 10 heteroatoms. The van der Waals surface area contributed by atoms with Crippen LogP contribution in [0.2, 0.25) is 0 Å². The third-order valence-electron chi connectivity index (χ3n) is 5.94. The van der Waals surface area contributed by atoms with Gasteiger partial charge in [-0.3, -0.25) is 9.48 Å². The molecular formula is C21H21N9O. The zero-order valence-corrected chi connectivity index (χ0v) is 17.0. The van der Waals surface area contributed by atoms with E-state index in [4.69, 9.17) is 0 Å². The summed E-state index contributed by atoms with van der Waals surface area (Å²) in [6.45, 7) is 1.38. The Morgan fingerprint density at radius 2 is 2.26 bits per heavy atom. The number of hydrogen-bond donors (Lipinski definition) is 1. The van der Waals surface area contributed by atoms with Gasteiger partial charge in [0.2, 0.25) is 0 Å². The minimum atomic E-state index is -0.111. The Hall–Kier alpha value is -4.00. The van der Waals surface area contributed by atoms with Crippen LogP contribution in [0.25, 0.3) is 22.3 Å². The molecule has 0 bridgehead atoms. The molecule has 2 atom stereocenters. The molecule has 5 heterocycles. The van der Waals surface area contributed by atoms with Gasteiger partial charge < -0.3 is 14.5 Å². The molecule has 0 aromatic carbocycles. The van der Waals surface area contributed by atoms with E-state index in [1.807, 2.05) is 28.0 Å². The highest BCUT2D eigenvalue weighted by molar-refractivity contribution is 5.89. The van der Waals surface area contributed by atoms with Crippen LogP contribution in [0.5, 0.6) is 0 Å². The molecule has 1 saturated heterocycles. The summed E-state index contributed by atoms with van der Waals surface area (Å²) in [5.41, 5.74) is 2.34. The van der Waals surface area contributed by atoms with Crippen molar-refractivity contribution in [3.8, 4) is 17.3 Å². The topological polar surface area (TPSA) is 121 Å². The molecule has 1 N–H and O–H groups in total. The fraction of sp³-hybridized carbons (Fsp3) is 0.333. The van der Waals surface area contributed by atoms with Crippen LogP contribution in [0.3, 0.4) is 0 Å². The number of fused-ring (bicyclic) bond motifs is 1. The lowest BCUT2D eigenvalue weighted by Gasteiger charge is -2.22. The van der Waals surface area contributed by atoms with Gasteiger partial charge in [-0.15, -0.1) is 0 Å². The first kappa shape index (κ1) is 19.0. The van der Waals surface area contributed by atoms with Crippen LogP contribution in [-0.2, 0) is 7.05 Å². The predicted octanol–water partition coefficient (Wildman–Crippen LogP) is 1.90. The monoisotopic (exact) mass is 415 g/mol. The number of hydrogen-bond acceptors (Lipinski definition) is 7. The fourth-order valence-electron chi connectivity index (χ4n) is 4.31. The van der Waals surface area contributed by atoms with Crippen molar-refractivity contribution < 1.29 is 0 Å². The number of anilines is 1. The van der Waals surface area contributed by atoms with Crippen molar-refractivity contribution in [2.45, 2.75) is 18.9 Å². The standard InChI is InChI=1S/C21H21N9O/c1-28-9-7-24-20(21(28)31)29-8-4-14(11-29)17(2-5-22)30-12-15(10-27-30)18-16-3-6-23-19(16)26-13-25-18/h3,6-7,9-10,12-14,17H,2,4,8,11H2,1H3,(H,23,25,26). The second-order valence-corrected chi connectivity index (χ2v) is 7.76. The van der Waals surface area contributed by atoms with Crippen molar-refractivity contribution in [2.24, 2.45) is 13.0 Å². The van der Waals surface area contributed by atoms with Crippen molar-refractivity contribution in [2.75, 3.05) is 18.0 Å². The Balaban J connectivity index is 1.42. The second-order valence-electron chi connectivity index (χ2n) is 7.76. The third-order valence-corrected chi connectivity index (χ3v) is 5.94. The molecule has 1 fully saturated rings. The number of nitrogens with zero attached hydrogens (tertiary/aromatic N) is 8. The Kier molecular flexibility index (Phi) is 4.71.